The standard InChI is InChI=1S/C16H20O3/c1-10(2)19-15-7-6-13(8-11(15)3)14(9-16(17)18)12-4-5-12/h6-10,12H,4-5H2,1-3H3,(H,17,18)/b14-9+. The number of benzene rings is 1. The van der Waals surface area contributed by atoms with Crippen LogP contribution in [-0.2, 0) is 4.79 Å². The molecule has 0 aromatic heterocycles. The second-order valence-corrected chi connectivity index (χ2v) is 5.36. The van der Waals surface area contributed by atoms with Crippen LogP contribution in [0.15, 0.2) is 24.3 Å². The van der Waals surface area contributed by atoms with Crippen LogP contribution in [0.5, 0.6) is 5.75 Å². The van der Waals surface area contributed by atoms with E-state index in [1.165, 1.54) is 6.08 Å². The van der Waals surface area contributed by atoms with E-state index in [0.717, 1.165) is 35.3 Å². The van der Waals surface area contributed by atoms with Crippen molar-refractivity contribution in [1.29, 1.82) is 0 Å². The fraction of sp³-hybridized carbons (Fsp3) is 0.438. The van der Waals surface area contributed by atoms with Gasteiger partial charge in [0.15, 0.2) is 0 Å². The third-order valence-electron chi connectivity index (χ3n) is 3.17. The highest BCUT2D eigenvalue weighted by atomic mass is 16.5. The Morgan fingerprint density at radius 2 is 2.11 bits per heavy atom. The molecule has 0 spiro atoms. The number of carboxylic acid groups (broad SMARTS) is 1. The summed E-state index contributed by atoms with van der Waals surface area (Å²) < 4.78 is 5.70. The molecule has 1 aliphatic carbocycles. The number of carbonyl (C=O) groups is 1. The van der Waals surface area contributed by atoms with Crippen molar-refractivity contribution in [3.05, 3.63) is 35.4 Å². The molecule has 0 atom stereocenters. The zero-order valence-electron chi connectivity index (χ0n) is 11.6. The molecule has 102 valence electrons. The normalized spacial score (nSPS) is 15.7. The summed E-state index contributed by atoms with van der Waals surface area (Å²) in [5.74, 6) is 0.402. The first-order valence-corrected chi connectivity index (χ1v) is 6.69. The average molecular weight is 260 g/mol. The van der Waals surface area contributed by atoms with Crippen LogP contribution in [-0.4, -0.2) is 17.2 Å². The minimum absolute atomic E-state index is 0.141. The Morgan fingerprint density at radius 1 is 1.42 bits per heavy atom. The molecule has 1 N–H and O–H groups in total. The Bertz CT molecular complexity index is 511. The minimum atomic E-state index is -0.873. The lowest BCUT2D eigenvalue weighted by Gasteiger charge is -2.14. The van der Waals surface area contributed by atoms with E-state index < -0.39 is 5.97 Å². The van der Waals surface area contributed by atoms with E-state index in [9.17, 15) is 4.79 Å². The van der Waals surface area contributed by atoms with Gasteiger partial charge in [-0.2, -0.15) is 0 Å². The molecule has 0 aliphatic heterocycles. The van der Waals surface area contributed by atoms with Gasteiger partial charge in [-0.1, -0.05) is 6.07 Å². The molecule has 3 nitrogen and oxygen atoms in total. The van der Waals surface area contributed by atoms with Gasteiger partial charge >= 0.3 is 5.97 Å². The third-order valence-corrected chi connectivity index (χ3v) is 3.17. The van der Waals surface area contributed by atoms with Gasteiger partial charge in [-0.3, -0.25) is 0 Å². The van der Waals surface area contributed by atoms with Gasteiger partial charge in [-0.15, -0.1) is 0 Å². The smallest absolute Gasteiger partial charge is 0.328 e. The van der Waals surface area contributed by atoms with Gasteiger partial charge in [-0.05, 0) is 68.4 Å². The van der Waals surface area contributed by atoms with E-state index in [4.69, 9.17) is 9.84 Å². The van der Waals surface area contributed by atoms with Crippen LogP contribution in [0.4, 0.5) is 0 Å². The van der Waals surface area contributed by atoms with E-state index in [0.29, 0.717) is 5.92 Å². The van der Waals surface area contributed by atoms with Gasteiger partial charge in [0.25, 0.3) is 0 Å². The summed E-state index contributed by atoms with van der Waals surface area (Å²) in [6.07, 6.45) is 3.65. The summed E-state index contributed by atoms with van der Waals surface area (Å²) >= 11 is 0. The lowest BCUT2D eigenvalue weighted by molar-refractivity contribution is -0.131. The topological polar surface area (TPSA) is 46.5 Å². The van der Waals surface area contributed by atoms with Crippen molar-refractivity contribution >= 4 is 11.5 Å². The van der Waals surface area contributed by atoms with Gasteiger partial charge < -0.3 is 9.84 Å². The van der Waals surface area contributed by atoms with Gasteiger partial charge in [0.2, 0.25) is 0 Å². The SMILES string of the molecule is Cc1cc(/C(=C/C(=O)O)C2CC2)ccc1OC(C)C. The van der Waals surface area contributed by atoms with E-state index in [2.05, 4.69) is 0 Å². The highest BCUT2D eigenvalue weighted by molar-refractivity contribution is 5.91. The van der Waals surface area contributed by atoms with E-state index >= 15 is 0 Å². The molecule has 1 aromatic rings. The summed E-state index contributed by atoms with van der Waals surface area (Å²) in [6.45, 7) is 5.98. The van der Waals surface area contributed by atoms with E-state index in [1.54, 1.807) is 0 Å². The van der Waals surface area contributed by atoms with Crippen molar-refractivity contribution in [3.8, 4) is 5.75 Å². The highest BCUT2D eigenvalue weighted by Crippen LogP contribution is 2.42. The first kappa shape index (κ1) is 13.7. The minimum Gasteiger partial charge on any atom is -0.491 e. The molecule has 3 heteroatoms. The fourth-order valence-electron chi connectivity index (χ4n) is 2.18. The predicted octanol–water partition coefficient (Wildman–Crippen LogP) is 3.66. The average Bonchev–Trinajstić information content (AvgIpc) is 3.12. The Morgan fingerprint density at radius 3 is 2.58 bits per heavy atom. The Labute approximate surface area is 113 Å². The second kappa shape index (κ2) is 5.47. The Hall–Kier alpha value is -1.77. The number of aliphatic carboxylic acids is 1. The quantitative estimate of drug-likeness (QED) is 0.822. The molecule has 0 unspecified atom stereocenters. The summed E-state index contributed by atoms with van der Waals surface area (Å²) in [5, 5.41) is 8.96. The summed E-state index contributed by atoms with van der Waals surface area (Å²) in [5.41, 5.74) is 2.98. The molecule has 1 saturated carbocycles. The van der Waals surface area contributed by atoms with Crippen LogP contribution in [0, 0.1) is 12.8 Å². The van der Waals surface area contributed by atoms with Gasteiger partial charge in [-0.25, -0.2) is 4.79 Å². The first-order valence-electron chi connectivity index (χ1n) is 6.69. The van der Waals surface area contributed by atoms with Crippen LogP contribution >= 0.6 is 0 Å². The first-order chi connectivity index (χ1) is 8.97. The molecule has 0 amide bonds. The summed E-state index contributed by atoms with van der Waals surface area (Å²) in [4.78, 5) is 10.9. The molecule has 0 bridgehead atoms. The summed E-state index contributed by atoms with van der Waals surface area (Å²) in [7, 11) is 0. The van der Waals surface area contributed by atoms with Crippen LogP contribution < -0.4 is 4.74 Å². The van der Waals surface area contributed by atoms with Crippen molar-refractivity contribution in [3.63, 3.8) is 0 Å². The Balaban J connectivity index is 2.29. The van der Waals surface area contributed by atoms with Crippen LogP contribution in [0.1, 0.15) is 37.8 Å². The molecular weight excluding hydrogens is 240 g/mol. The zero-order chi connectivity index (χ0) is 14.0. The van der Waals surface area contributed by atoms with Crippen LogP contribution in [0.25, 0.3) is 5.57 Å². The highest BCUT2D eigenvalue weighted by Gasteiger charge is 2.27. The van der Waals surface area contributed by atoms with Gasteiger partial charge in [0.1, 0.15) is 5.75 Å². The molecule has 2 rings (SSSR count). The lowest BCUT2D eigenvalue weighted by atomic mass is 9.99. The van der Waals surface area contributed by atoms with Crippen molar-refractivity contribution in [2.75, 3.05) is 0 Å². The molecule has 0 radical (unpaired) electrons. The summed E-state index contributed by atoms with van der Waals surface area (Å²) in [6, 6.07) is 5.91. The Kier molecular flexibility index (Phi) is 3.93. The van der Waals surface area contributed by atoms with E-state index in [1.807, 2.05) is 39.0 Å². The van der Waals surface area contributed by atoms with Crippen molar-refractivity contribution in [1.82, 2.24) is 0 Å². The number of hydrogen-bond acceptors (Lipinski definition) is 2. The number of allylic oxidation sites excluding steroid dienone is 1. The molecule has 1 aromatic carbocycles. The van der Waals surface area contributed by atoms with Crippen molar-refractivity contribution in [2.24, 2.45) is 5.92 Å². The number of ether oxygens (including phenoxy) is 1. The van der Waals surface area contributed by atoms with E-state index in [-0.39, 0.29) is 6.10 Å². The third kappa shape index (κ3) is 3.60. The van der Waals surface area contributed by atoms with Crippen molar-refractivity contribution < 1.29 is 14.6 Å². The largest absolute Gasteiger partial charge is 0.491 e. The molecular formula is C16H20O3. The number of carboxylic acids is 1. The number of rotatable bonds is 5. The van der Waals surface area contributed by atoms with Crippen LogP contribution in [0.3, 0.4) is 0 Å². The molecule has 19 heavy (non-hydrogen) atoms. The predicted molar refractivity (Wildman–Crippen MR) is 75.3 cm³/mol. The number of hydrogen-bond donors (Lipinski definition) is 1. The second-order valence-electron chi connectivity index (χ2n) is 5.36. The lowest BCUT2D eigenvalue weighted by Crippen LogP contribution is -2.06. The maximum absolute atomic E-state index is 10.9. The molecule has 0 saturated heterocycles. The fourth-order valence-corrected chi connectivity index (χ4v) is 2.18. The van der Waals surface area contributed by atoms with Crippen LogP contribution in [0.2, 0.25) is 0 Å². The van der Waals surface area contributed by atoms with Gasteiger partial charge in [0, 0.05) is 6.08 Å². The maximum atomic E-state index is 10.9. The maximum Gasteiger partial charge on any atom is 0.328 e. The van der Waals surface area contributed by atoms with Gasteiger partial charge in [0.05, 0.1) is 6.10 Å². The molecule has 1 aliphatic rings. The molecule has 0 heterocycles. The zero-order valence-corrected chi connectivity index (χ0v) is 11.6. The monoisotopic (exact) mass is 260 g/mol. The molecule has 1 fully saturated rings. The van der Waals surface area contributed by atoms with Crippen molar-refractivity contribution in [2.45, 2.75) is 39.7 Å². The number of aryl methyl sites for hydroxylation is 1.